The number of guanidine groups is 1. The van der Waals surface area contributed by atoms with E-state index in [4.69, 9.17) is 4.74 Å². The molecule has 2 atom stereocenters. The van der Waals surface area contributed by atoms with Crippen LogP contribution in [0.4, 0.5) is 0 Å². The van der Waals surface area contributed by atoms with E-state index in [9.17, 15) is 4.79 Å². The average molecular weight is 444 g/mol. The maximum atomic E-state index is 12.8. The molecule has 2 N–H and O–H groups in total. The Labute approximate surface area is 193 Å². The van der Waals surface area contributed by atoms with E-state index in [1.54, 1.807) is 7.05 Å². The van der Waals surface area contributed by atoms with E-state index < -0.39 is 0 Å². The highest BCUT2D eigenvalue weighted by molar-refractivity contribution is 5.94. The number of carbonyl (C=O) groups excluding carboxylic acids is 1. The van der Waals surface area contributed by atoms with Gasteiger partial charge >= 0.3 is 0 Å². The molecule has 1 amide bonds. The number of amides is 1. The summed E-state index contributed by atoms with van der Waals surface area (Å²) in [7, 11) is 1.80. The van der Waals surface area contributed by atoms with E-state index in [-0.39, 0.29) is 23.7 Å². The summed E-state index contributed by atoms with van der Waals surface area (Å²) in [6.45, 7) is 13.8. The number of aliphatic imine (C=N–C) groups is 1. The van der Waals surface area contributed by atoms with Crippen molar-refractivity contribution in [3.05, 3.63) is 35.4 Å². The zero-order chi connectivity index (χ0) is 23.1. The zero-order valence-electron chi connectivity index (χ0n) is 20.5. The number of hydrogen-bond acceptors (Lipinski definition) is 4. The number of morpholine rings is 1. The number of likely N-dealkylation sites (tertiary alicyclic amines) is 1. The van der Waals surface area contributed by atoms with Crippen LogP contribution in [0.15, 0.2) is 29.3 Å². The SMILES string of the molecule is CN=C(NCc1ccc(C(=O)N2CC(C)OC(C)C2)cc1)NCC(C)(C)N1CCCCC1. The highest BCUT2D eigenvalue weighted by Gasteiger charge is 2.28. The molecule has 2 aliphatic rings. The highest BCUT2D eigenvalue weighted by atomic mass is 16.5. The molecule has 2 heterocycles. The van der Waals surface area contributed by atoms with Gasteiger partial charge in [0.1, 0.15) is 0 Å². The van der Waals surface area contributed by atoms with Crippen molar-refractivity contribution in [1.29, 1.82) is 0 Å². The first-order valence-electron chi connectivity index (χ1n) is 12.0. The van der Waals surface area contributed by atoms with Crippen LogP contribution in [0.1, 0.15) is 62.9 Å². The molecule has 2 fully saturated rings. The lowest BCUT2D eigenvalue weighted by Crippen LogP contribution is -2.54. The smallest absolute Gasteiger partial charge is 0.254 e. The summed E-state index contributed by atoms with van der Waals surface area (Å²) in [4.78, 5) is 21.7. The largest absolute Gasteiger partial charge is 0.372 e. The van der Waals surface area contributed by atoms with Gasteiger partial charge in [-0.25, -0.2) is 0 Å². The van der Waals surface area contributed by atoms with Gasteiger partial charge in [-0.1, -0.05) is 18.6 Å². The lowest BCUT2D eigenvalue weighted by molar-refractivity contribution is -0.0586. The van der Waals surface area contributed by atoms with E-state index >= 15 is 0 Å². The number of ether oxygens (including phenoxy) is 1. The molecule has 0 aliphatic carbocycles. The summed E-state index contributed by atoms with van der Waals surface area (Å²) >= 11 is 0. The van der Waals surface area contributed by atoms with Crippen molar-refractivity contribution in [1.82, 2.24) is 20.4 Å². The Kier molecular flexibility index (Phi) is 8.54. The molecule has 0 aromatic heterocycles. The topological polar surface area (TPSA) is 69.2 Å². The first-order chi connectivity index (χ1) is 15.3. The van der Waals surface area contributed by atoms with Gasteiger partial charge in [0.05, 0.1) is 12.2 Å². The lowest BCUT2D eigenvalue weighted by Gasteiger charge is -2.41. The van der Waals surface area contributed by atoms with Crippen LogP contribution in [0.3, 0.4) is 0 Å². The Morgan fingerprint density at radius 3 is 2.28 bits per heavy atom. The molecule has 0 radical (unpaired) electrons. The molecule has 2 unspecified atom stereocenters. The van der Waals surface area contributed by atoms with Gasteiger partial charge in [-0.05, 0) is 71.3 Å². The first-order valence-corrected chi connectivity index (χ1v) is 12.0. The summed E-state index contributed by atoms with van der Waals surface area (Å²) in [6.07, 6.45) is 4.07. The van der Waals surface area contributed by atoms with Crippen molar-refractivity contribution >= 4 is 11.9 Å². The van der Waals surface area contributed by atoms with Crippen molar-refractivity contribution < 1.29 is 9.53 Å². The zero-order valence-corrected chi connectivity index (χ0v) is 20.5. The van der Waals surface area contributed by atoms with Crippen LogP contribution in [-0.2, 0) is 11.3 Å². The molecule has 178 valence electrons. The molecule has 7 nitrogen and oxygen atoms in total. The minimum absolute atomic E-state index is 0.0731. The van der Waals surface area contributed by atoms with Crippen LogP contribution >= 0.6 is 0 Å². The third-order valence-corrected chi connectivity index (χ3v) is 6.49. The normalized spacial score (nSPS) is 23.2. The molecule has 7 heteroatoms. The molecule has 1 aromatic rings. The quantitative estimate of drug-likeness (QED) is 0.523. The number of hydrogen-bond donors (Lipinski definition) is 2. The Morgan fingerprint density at radius 1 is 1.06 bits per heavy atom. The number of nitrogens with one attached hydrogen (secondary N) is 2. The number of carbonyl (C=O) groups is 1. The van der Waals surface area contributed by atoms with Gasteiger partial charge in [-0.2, -0.15) is 0 Å². The third kappa shape index (κ3) is 6.69. The fourth-order valence-corrected chi connectivity index (χ4v) is 4.61. The van der Waals surface area contributed by atoms with Gasteiger partial charge < -0.3 is 20.3 Å². The van der Waals surface area contributed by atoms with Crippen molar-refractivity contribution in [3.8, 4) is 0 Å². The fraction of sp³-hybridized carbons (Fsp3) is 0.680. The van der Waals surface area contributed by atoms with Crippen LogP contribution in [0.5, 0.6) is 0 Å². The average Bonchev–Trinajstić information content (AvgIpc) is 2.79. The fourth-order valence-electron chi connectivity index (χ4n) is 4.61. The van der Waals surface area contributed by atoms with E-state index in [2.05, 4.69) is 34.4 Å². The van der Waals surface area contributed by atoms with E-state index in [1.807, 2.05) is 43.0 Å². The van der Waals surface area contributed by atoms with Gasteiger partial charge in [0.25, 0.3) is 5.91 Å². The van der Waals surface area contributed by atoms with Gasteiger partial charge in [0.15, 0.2) is 5.96 Å². The molecule has 2 saturated heterocycles. The second-order valence-electron chi connectivity index (χ2n) is 9.80. The first kappa shape index (κ1) is 24.5. The maximum absolute atomic E-state index is 12.8. The molecule has 1 aromatic carbocycles. The van der Waals surface area contributed by atoms with Crippen molar-refractivity contribution in [2.24, 2.45) is 4.99 Å². The molecule has 3 rings (SSSR count). The number of benzene rings is 1. The lowest BCUT2D eigenvalue weighted by atomic mass is 9.98. The van der Waals surface area contributed by atoms with E-state index in [0.717, 1.165) is 23.6 Å². The van der Waals surface area contributed by atoms with Crippen molar-refractivity contribution in [2.75, 3.05) is 39.8 Å². The highest BCUT2D eigenvalue weighted by Crippen LogP contribution is 2.20. The summed E-state index contributed by atoms with van der Waals surface area (Å²) in [5.41, 5.74) is 1.93. The standard InChI is InChI=1S/C25H41N5O2/c1-19-16-29(17-20(2)32-19)23(31)22-11-9-21(10-12-22)15-27-24(26-5)28-18-25(3,4)30-13-7-6-8-14-30/h9-12,19-20H,6-8,13-18H2,1-5H3,(H2,26,27,28). The predicted molar refractivity (Wildman–Crippen MR) is 130 cm³/mol. The van der Waals surface area contributed by atoms with Crippen LogP contribution in [-0.4, -0.2) is 79.2 Å². The van der Waals surface area contributed by atoms with E-state index in [0.29, 0.717) is 19.6 Å². The molecular formula is C25H41N5O2. The Balaban J connectivity index is 1.48. The molecule has 0 saturated carbocycles. The van der Waals surface area contributed by atoms with Gasteiger partial charge in [-0.15, -0.1) is 0 Å². The minimum Gasteiger partial charge on any atom is -0.372 e. The second kappa shape index (κ2) is 11.1. The predicted octanol–water partition coefficient (Wildman–Crippen LogP) is 2.87. The van der Waals surface area contributed by atoms with Crippen LogP contribution in [0.2, 0.25) is 0 Å². The minimum atomic E-state index is 0.0731. The monoisotopic (exact) mass is 443 g/mol. The number of rotatable bonds is 6. The molecule has 0 bridgehead atoms. The van der Waals surface area contributed by atoms with Crippen LogP contribution in [0, 0.1) is 0 Å². The Hall–Kier alpha value is -2.12. The third-order valence-electron chi connectivity index (χ3n) is 6.49. The summed E-state index contributed by atoms with van der Waals surface area (Å²) < 4.78 is 5.74. The Bertz CT molecular complexity index is 761. The van der Waals surface area contributed by atoms with Gasteiger partial charge in [0, 0.05) is 44.3 Å². The summed E-state index contributed by atoms with van der Waals surface area (Å²) in [5, 5.41) is 6.88. The summed E-state index contributed by atoms with van der Waals surface area (Å²) in [5.74, 6) is 0.871. The number of nitrogens with zero attached hydrogens (tertiary/aromatic N) is 3. The second-order valence-corrected chi connectivity index (χ2v) is 9.80. The van der Waals surface area contributed by atoms with Crippen LogP contribution < -0.4 is 10.6 Å². The number of piperidine rings is 1. The molecular weight excluding hydrogens is 402 g/mol. The molecule has 2 aliphatic heterocycles. The molecule has 32 heavy (non-hydrogen) atoms. The Morgan fingerprint density at radius 2 is 1.69 bits per heavy atom. The van der Waals surface area contributed by atoms with Crippen molar-refractivity contribution in [3.63, 3.8) is 0 Å². The van der Waals surface area contributed by atoms with Crippen molar-refractivity contribution in [2.45, 2.75) is 71.2 Å². The van der Waals surface area contributed by atoms with Gasteiger partial charge in [0.2, 0.25) is 0 Å². The molecule has 0 spiro atoms. The summed E-state index contributed by atoms with van der Waals surface area (Å²) in [6, 6.07) is 7.86. The van der Waals surface area contributed by atoms with Gasteiger partial charge in [-0.3, -0.25) is 14.7 Å². The van der Waals surface area contributed by atoms with E-state index in [1.165, 1.54) is 32.4 Å². The van der Waals surface area contributed by atoms with Crippen LogP contribution in [0.25, 0.3) is 0 Å². The maximum Gasteiger partial charge on any atom is 0.254 e.